The quantitative estimate of drug-likeness (QED) is 0.844. The third kappa shape index (κ3) is 5.23. The Morgan fingerprint density at radius 2 is 1.89 bits per heavy atom. The summed E-state index contributed by atoms with van der Waals surface area (Å²) in [5.41, 5.74) is 0. The number of halogens is 1. The van der Waals surface area contributed by atoms with Gasteiger partial charge < -0.3 is 10.1 Å². The molecule has 0 radical (unpaired) electrons. The Hall–Kier alpha value is -1.03. The van der Waals surface area contributed by atoms with Crippen molar-refractivity contribution in [3.05, 3.63) is 30.3 Å². The van der Waals surface area contributed by atoms with Gasteiger partial charge in [-0.2, -0.15) is 0 Å². The molecular formula is C15H20BrNO2. The van der Waals surface area contributed by atoms with Crippen molar-refractivity contribution in [1.29, 1.82) is 0 Å². The van der Waals surface area contributed by atoms with Crippen LogP contribution in [-0.4, -0.2) is 23.4 Å². The first-order valence-corrected chi connectivity index (χ1v) is 7.77. The molecular weight excluding hydrogens is 306 g/mol. The second kappa shape index (κ2) is 7.53. The third-order valence-corrected chi connectivity index (χ3v) is 4.28. The Labute approximate surface area is 122 Å². The fraction of sp³-hybridized carbons (Fsp3) is 0.533. The van der Waals surface area contributed by atoms with E-state index >= 15 is 0 Å². The van der Waals surface area contributed by atoms with E-state index < -0.39 is 0 Å². The molecule has 19 heavy (non-hydrogen) atoms. The van der Waals surface area contributed by atoms with E-state index in [1.165, 1.54) is 0 Å². The molecule has 0 aliphatic heterocycles. The first-order chi connectivity index (χ1) is 9.24. The van der Waals surface area contributed by atoms with Crippen LogP contribution in [0.5, 0.6) is 5.75 Å². The van der Waals surface area contributed by atoms with Crippen LogP contribution < -0.4 is 10.1 Å². The van der Waals surface area contributed by atoms with Gasteiger partial charge in [-0.15, -0.1) is 0 Å². The number of amides is 1. The van der Waals surface area contributed by atoms with Gasteiger partial charge in [-0.1, -0.05) is 34.1 Å². The first-order valence-electron chi connectivity index (χ1n) is 6.85. The summed E-state index contributed by atoms with van der Waals surface area (Å²) in [7, 11) is 0. The van der Waals surface area contributed by atoms with E-state index in [4.69, 9.17) is 4.74 Å². The minimum Gasteiger partial charge on any atom is -0.493 e. The average Bonchev–Trinajstić information content (AvgIpc) is 2.43. The summed E-state index contributed by atoms with van der Waals surface area (Å²) < 4.78 is 5.51. The molecule has 0 aromatic heterocycles. The van der Waals surface area contributed by atoms with Gasteiger partial charge >= 0.3 is 0 Å². The van der Waals surface area contributed by atoms with Crippen LogP contribution >= 0.6 is 15.9 Å². The topological polar surface area (TPSA) is 38.3 Å². The van der Waals surface area contributed by atoms with Gasteiger partial charge in [0, 0.05) is 10.9 Å². The standard InChI is InChI=1S/C15H20BrNO2/c16-12-6-8-13(9-7-12)17-15(18)10-11-19-14-4-2-1-3-5-14/h1-5,12-13H,6-11H2,(H,17,18). The van der Waals surface area contributed by atoms with E-state index in [0.717, 1.165) is 31.4 Å². The van der Waals surface area contributed by atoms with Crippen LogP contribution in [0, 0.1) is 0 Å². The normalized spacial score (nSPS) is 22.8. The van der Waals surface area contributed by atoms with Crippen molar-refractivity contribution in [3.63, 3.8) is 0 Å². The maximum absolute atomic E-state index is 11.8. The lowest BCUT2D eigenvalue weighted by Crippen LogP contribution is -2.38. The van der Waals surface area contributed by atoms with Gasteiger partial charge in [0.2, 0.25) is 5.91 Å². The average molecular weight is 326 g/mol. The molecule has 1 aromatic rings. The van der Waals surface area contributed by atoms with E-state index in [9.17, 15) is 4.79 Å². The van der Waals surface area contributed by atoms with Crippen molar-refractivity contribution in [1.82, 2.24) is 5.32 Å². The van der Waals surface area contributed by atoms with Crippen molar-refractivity contribution in [2.24, 2.45) is 0 Å². The number of hydrogen-bond acceptors (Lipinski definition) is 2. The van der Waals surface area contributed by atoms with Crippen LogP contribution in [0.1, 0.15) is 32.1 Å². The minimum atomic E-state index is 0.0916. The molecule has 0 spiro atoms. The van der Waals surface area contributed by atoms with Gasteiger partial charge in [0.05, 0.1) is 13.0 Å². The minimum absolute atomic E-state index is 0.0916. The summed E-state index contributed by atoms with van der Waals surface area (Å²) in [5, 5.41) is 3.09. The fourth-order valence-corrected chi connectivity index (χ4v) is 2.80. The lowest BCUT2D eigenvalue weighted by atomic mass is 9.95. The molecule has 3 nitrogen and oxygen atoms in total. The molecule has 1 fully saturated rings. The van der Waals surface area contributed by atoms with Gasteiger partial charge in [0.15, 0.2) is 0 Å². The molecule has 0 atom stereocenters. The number of nitrogens with one attached hydrogen (secondary N) is 1. The number of benzene rings is 1. The molecule has 1 saturated carbocycles. The number of ether oxygens (including phenoxy) is 1. The number of alkyl halides is 1. The van der Waals surface area contributed by atoms with Crippen LogP contribution in [0.15, 0.2) is 30.3 Å². The van der Waals surface area contributed by atoms with Crippen molar-refractivity contribution in [3.8, 4) is 5.75 Å². The molecule has 2 rings (SSSR count). The fourth-order valence-electron chi connectivity index (χ4n) is 2.28. The molecule has 4 heteroatoms. The van der Waals surface area contributed by atoms with Crippen LogP contribution in [0.4, 0.5) is 0 Å². The molecule has 1 aliphatic carbocycles. The SMILES string of the molecule is O=C(CCOc1ccccc1)NC1CCC(Br)CC1. The number of carbonyl (C=O) groups is 1. The highest BCUT2D eigenvalue weighted by Gasteiger charge is 2.20. The van der Waals surface area contributed by atoms with E-state index in [0.29, 0.717) is 23.9 Å². The molecule has 1 aliphatic rings. The van der Waals surface area contributed by atoms with E-state index in [-0.39, 0.29) is 5.91 Å². The Morgan fingerprint density at radius 3 is 2.58 bits per heavy atom. The van der Waals surface area contributed by atoms with Crippen LogP contribution in [0.2, 0.25) is 0 Å². The van der Waals surface area contributed by atoms with Gasteiger partial charge in [-0.3, -0.25) is 4.79 Å². The largest absolute Gasteiger partial charge is 0.493 e. The summed E-state index contributed by atoms with van der Waals surface area (Å²) >= 11 is 3.62. The second-order valence-corrected chi connectivity index (χ2v) is 6.22. The number of para-hydroxylation sites is 1. The lowest BCUT2D eigenvalue weighted by Gasteiger charge is -2.26. The summed E-state index contributed by atoms with van der Waals surface area (Å²) in [5.74, 6) is 0.907. The molecule has 1 aromatic carbocycles. The zero-order valence-corrected chi connectivity index (χ0v) is 12.6. The summed E-state index contributed by atoms with van der Waals surface area (Å²) in [6, 6.07) is 9.94. The predicted octanol–water partition coefficient (Wildman–Crippen LogP) is 3.28. The lowest BCUT2D eigenvalue weighted by molar-refractivity contribution is -0.122. The highest BCUT2D eigenvalue weighted by Crippen LogP contribution is 2.24. The van der Waals surface area contributed by atoms with E-state index in [1.807, 2.05) is 30.3 Å². The number of carbonyl (C=O) groups excluding carboxylic acids is 1. The molecule has 1 amide bonds. The Morgan fingerprint density at radius 1 is 1.21 bits per heavy atom. The Balaban J connectivity index is 1.62. The first kappa shape index (κ1) is 14.4. The van der Waals surface area contributed by atoms with Gasteiger partial charge in [0.25, 0.3) is 0 Å². The van der Waals surface area contributed by atoms with Crippen LogP contribution in [0.3, 0.4) is 0 Å². The molecule has 0 saturated heterocycles. The van der Waals surface area contributed by atoms with Crippen LogP contribution in [0.25, 0.3) is 0 Å². The van der Waals surface area contributed by atoms with Crippen molar-refractivity contribution < 1.29 is 9.53 Å². The highest BCUT2D eigenvalue weighted by molar-refractivity contribution is 9.09. The van der Waals surface area contributed by atoms with Crippen LogP contribution in [-0.2, 0) is 4.79 Å². The molecule has 0 bridgehead atoms. The predicted molar refractivity (Wildman–Crippen MR) is 79.7 cm³/mol. The second-order valence-electron chi connectivity index (χ2n) is 4.93. The summed E-state index contributed by atoms with van der Waals surface area (Å²) in [6.45, 7) is 0.434. The van der Waals surface area contributed by atoms with E-state index in [2.05, 4.69) is 21.2 Å². The zero-order valence-electron chi connectivity index (χ0n) is 11.0. The van der Waals surface area contributed by atoms with Gasteiger partial charge in [-0.25, -0.2) is 0 Å². The van der Waals surface area contributed by atoms with E-state index in [1.54, 1.807) is 0 Å². The van der Waals surface area contributed by atoms with Crippen molar-refractivity contribution in [2.45, 2.75) is 43.0 Å². The van der Waals surface area contributed by atoms with Crippen molar-refractivity contribution in [2.75, 3.05) is 6.61 Å². The van der Waals surface area contributed by atoms with Gasteiger partial charge in [0.1, 0.15) is 5.75 Å². The summed E-state index contributed by atoms with van der Waals surface area (Å²) in [4.78, 5) is 12.4. The third-order valence-electron chi connectivity index (χ3n) is 3.36. The maximum atomic E-state index is 11.8. The Kier molecular flexibility index (Phi) is 5.70. The summed E-state index contributed by atoms with van der Waals surface area (Å²) in [6.07, 6.45) is 4.85. The zero-order chi connectivity index (χ0) is 13.5. The smallest absolute Gasteiger partial charge is 0.223 e. The van der Waals surface area contributed by atoms with Gasteiger partial charge in [-0.05, 0) is 37.8 Å². The monoisotopic (exact) mass is 325 g/mol. The number of hydrogen-bond donors (Lipinski definition) is 1. The number of rotatable bonds is 5. The van der Waals surface area contributed by atoms with Crippen molar-refractivity contribution >= 4 is 21.8 Å². The molecule has 0 heterocycles. The molecule has 0 unspecified atom stereocenters. The molecule has 104 valence electrons. The highest BCUT2D eigenvalue weighted by atomic mass is 79.9. The molecule has 1 N–H and O–H groups in total. The maximum Gasteiger partial charge on any atom is 0.223 e. The Bertz CT molecular complexity index is 388.